The van der Waals surface area contributed by atoms with Crippen LogP contribution in [0.4, 0.5) is 5.69 Å². The molecule has 0 saturated carbocycles. The molecule has 0 N–H and O–H groups in total. The lowest BCUT2D eigenvalue weighted by molar-refractivity contribution is -0.122. The number of nitrogens with zero attached hydrogens (tertiary/aromatic N) is 2. The second-order valence-corrected chi connectivity index (χ2v) is 8.56. The van der Waals surface area contributed by atoms with Gasteiger partial charge in [-0.3, -0.25) is 9.69 Å². The molecule has 2 aliphatic heterocycles. The number of hydrogen-bond donors (Lipinski definition) is 0. The van der Waals surface area contributed by atoms with Crippen molar-refractivity contribution in [1.82, 2.24) is 4.90 Å². The van der Waals surface area contributed by atoms with Gasteiger partial charge in [-0.2, -0.15) is 0 Å². The predicted molar refractivity (Wildman–Crippen MR) is 122 cm³/mol. The number of amides is 1. The van der Waals surface area contributed by atoms with Gasteiger partial charge in [0.05, 0.1) is 5.70 Å². The molecule has 4 rings (SSSR count). The van der Waals surface area contributed by atoms with E-state index in [4.69, 9.17) is 12.2 Å². The third-order valence-corrected chi connectivity index (χ3v) is 6.50. The summed E-state index contributed by atoms with van der Waals surface area (Å²) in [6, 6.07) is 16.6. The highest BCUT2D eigenvalue weighted by molar-refractivity contribution is 8.26. The number of thiocarbonyl (C=S) groups is 1. The first-order valence-corrected chi connectivity index (χ1v) is 10.7. The summed E-state index contributed by atoms with van der Waals surface area (Å²) in [7, 11) is 0. The van der Waals surface area contributed by atoms with Crippen molar-refractivity contribution >= 4 is 46.0 Å². The Morgan fingerprint density at radius 3 is 2.57 bits per heavy atom. The van der Waals surface area contributed by atoms with Crippen LogP contribution < -0.4 is 4.90 Å². The smallest absolute Gasteiger partial charge is 0.268 e. The van der Waals surface area contributed by atoms with Gasteiger partial charge in [0.2, 0.25) is 0 Å². The van der Waals surface area contributed by atoms with Gasteiger partial charge in [-0.1, -0.05) is 72.0 Å². The van der Waals surface area contributed by atoms with Gasteiger partial charge in [0, 0.05) is 18.8 Å². The van der Waals surface area contributed by atoms with E-state index >= 15 is 0 Å². The van der Waals surface area contributed by atoms with Gasteiger partial charge in [-0.05, 0) is 49.6 Å². The van der Waals surface area contributed by atoms with Crippen LogP contribution in [0.3, 0.4) is 0 Å². The van der Waals surface area contributed by atoms with Crippen molar-refractivity contribution in [2.45, 2.75) is 20.3 Å². The zero-order chi connectivity index (χ0) is 19.7. The second kappa shape index (κ2) is 7.94. The van der Waals surface area contributed by atoms with Crippen LogP contribution in [-0.2, 0) is 11.2 Å². The highest BCUT2D eigenvalue weighted by atomic mass is 32.2. The largest absolute Gasteiger partial charge is 0.340 e. The summed E-state index contributed by atoms with van der Waals surface area (Å²) in [6.07, 6.45) is 4.94. The lowest BCUT2D eigenvalue weighted by atomic mass is 10.0. The second-order valence-electron chi connectivity index (χ2n) is 6.91. The zero-order valence-electron chi connectivity index (χ0n) is 16.0. The molecule has 0 aromatic heterocycles. The molecule has 2 aromatic carbocycles. The highest BCUT2D eigenvalue weighted by Gasteiger charge is 2.35. The maximum Gasteiger partial charge on any atom is 0.268 e. The molecule has 28 heavy (non-hydrogen) atoms. The first kappa shape index (κ1) is 19.0. The van der Waals surface area contributed by atoms with Gasteiger partial charge in [-0.15, -0.1) is 0 Å². The molecule has 1 fully saturated rings. The molecule has 0 radical (unpaired) electrons. The molecule has 3 nitrogen and oxygen atoms in total. The zero-order valence-corrected chi connectivity index (χ0v) is 17.6. The fraction of sp³-hybridized carbons (Fsp3) is 0.217. The van der Waals surface area contributed by atoms with Crippen LogP contribution in [0.2, 0.25) is 0 Å². The highest BCUT2D eigenvalue weighted by Crippen LogP contribution is 2.39. The molecule has 0 atom stereocenters. The average Bonchev–Trinajstić information content (AvgIpc) is 2.99. The van der Waals surface area contributed by atoms with E-state index in [1.54, 1.807) is 4.90 Å². The van der Waals surface area contributed by atoms with Crippen LogP contribution in [0, 0.1) is 6.92 Å². The molecule has 2 heterocycles. The lowest BCUT2D eigenvalue weighted by Gasteiger charge is -2.30. The molecule has 2 aromatic rings. The summed E-state index contributed by atoms with van der Waals surface area (Å²) >= 11 is 6.96. The van der Waals surface area contributed by atoms with Crippen LogP contribution in [-0.4, -0.2) is 28.2 Å². The van der Waals surface area contributed by atoms with Crippen molar-refractivity contribution in [1.29, 1.82) is 0 Å². The maximum atomic E-state index is 13.2. The molecular formula is C23H22N2OS2. The summed E-state index contributed by atoms with van der Waals surface area (Å²) in [5.74, 6) is 0.0135. The molecule has 0 bridgehead atoms. The van der Waals surface area contributed by atoms with Crippen molar-refractivity contribution in [3.63, 3.8) is 0 Å². The summed E-state index contributed by atoms with van der Waals surface area (Å²) in [6.45, 7) is 5.61. The number of aryl methyl sites for hydroxylation is 1. The summed E-state index contributed by atoms with van der Waals surface area (Å²) < 4.78 is 0.641. The number of hydrogen-bond acceptors (Lipinski definition) is 4. The molecule has 142 valence electrons. The first-order chi connectivity index (χ1) is 13.6. The predicted octanol–water partition coefficient (Wildman–Crippen LogP) is 5.16. The number of rotatable bonds is 4. The molecule has 2 aliphatic rings. The molecule has 0 spiro atoms. The number of carbonyl (C=O) groups is 1. The maximum absolute atomic E-state index is 13.2. The van der Waals surface area contributed by atoms with E-state index < -0.39 is 0 Å². The van der Waals surface area contributed by atoms with Gasteiger partial charge >= 0.3 is 0 Å². The number of thioether (sulfide) groups is 1. The number of fused-ring (bicyclic) bond motifs is 1. The third kappa shape index (κ3) is 3.52. The van der Waals surface area contributed by atoms with E-state index in [0.717, 1.165) is 29.3 Å². The van der Waals surface area contributed by atoms with Crippen LogP contribution in [0.25, 0.3) is 6.08 Å². The Kier molecular flexibility index (Phi) is 5.38. The van der Waals surface area contributed by atoms with E-state index in [-0.39, 0.29) is 5.91 Å². The van der Waals surface area contributed by atoms with Gasteiger partial charge in [-0.25, -0.2) is 0 Å². The van der Waals surface area contributed by atoms with E-state index in [0.29, 0.717) is 10.9 Å². The van der Waals surface area contributed by atoms with Crippen LogP contribution >= 0.6 is 24.0 Å². The normalized spacial score (nSPS) is 18.8. The number of benzene rings is 2. The Bertz CT molecular complexity index is 995. The van der Waals surface area contributed by atoms with Gasteiger partial charge in [0.25, 0.3) is 5.91 Å². The monoisotopic (exact) mass is 406 g/mol. The lowest BCUT2D eigenvalue weighted by Crippen LogP contribution is -2.32. The Hall–Kier alpha value is -2.37. The minimum atomic E-state index is 0.0135. The molecule has 0 unspecified atom stereocenters. The molecule has 5 heteroatoms. The van der Waals surface area contributed by atoms with Gasteiger partial charge < -0.3 is 4.90 Å². The molecular weight excluding hydrogens is 384 g/mol. The topological polar surface area (TPSA) is 23.6 Å². The van der Waals surface area contributed by atoms with Crippen molar-refractivity contribution in [2.24, 2.45) is 0 Å². The quantitative estimate of drug-likeness (QED) is 0.517. The minimum Gasteiger partial charge on any atom is -0.340 e. The van der Waals surface area contributed by atoms with Crippen LogP contribution in [0.5, 0.6) is 0 Å². The summed E-state index contributed by atoms with van der Waals surface area (Å²) in [4.78, 5) is 17.8. The molecule has 1 saturated heterocycles. The number of anilines is 1. The standard InChI is InChI=1S/C23H22N2OS2/c1-3-24-19-11-9-16(2)15-18(19)10-12-20(24)21-22(26)25(23(27)28-21)14-13-17-7-5-4-6-8-17/h4-12,15H,3,13-14H2,1-2H3/b21-20-. The number of likely N-dealkylation sites (N-methyl/N-ethyl adjacent to an activating group) is 1. The van der Waals surface area contributed by atoms with Gasteiger partial charge in [0.15, 0.2) is 0 Å². The Morgan fingerprint density at radius 1 is 1.04 bits per heavy atom. The molecule has 0 aliphatic carbocycles. The Morgan fingerprint density at radius 2 is 1.82 bits per heavy atom. The van der Waals surface area contributed by atoms with E-state index in [1.165, 1.54) is 28.5 Å². The Labute approximate surface area is 175 Å². The van der Waals surface area contributed by atoms with Crippen LogP contribution in [0.1, 0.15) is 23.6 Å². The fourth-order valence-corrected chi connectivity index (χ4v) is 4.98. The van der Waals surface area contributed by atoms with Crippen molar-refractivity contribution in [3.05, 3.63) is 81.9 Å². The van der Waals surface area contributed by atoms with Crippen LogP contribution in [0.15, 0.2) is 65.2 Å². The van der Waals surface area contributed by atoms with E-state index in [1.807, 2.05) is 18.2 Å². The first-order valence-electron chi connectivity index (χ1n) is 9.46. The SMILES string of the molecule is CCN1/C(=C2\SC(=S)N(CCc3ccccc3)C2=O)C=Cc2cc(C)ccc21. The van der Waals surface area contributed by atoms with E-state index in [2.05, 4.69) is 61.2 Å². The average molecular weight is 407 g/mol. The van der Waals surface area contributed by atoms with E-state index in [9.17, 15) is 4.79 Å². The van der Waals surface area contributed by atoms with Gasteiger partial charge in [0.1, 0.15) is 9.23 Å². The number of allylic oxidation sites excluding steroid dienone is 1. The Balaban J connectivity index is 1.62. The number of carbonyl (C=O) groups excluding carboxylic acids is 1. The fourth-order valence-electron chi connectivity index (χ4n) is 3.61. The minimum absolute atomic E-state index is 0.0135. The van der Waals surface area contributed by atoms with Crippen molar-refractivity contribution in [3.8, 4) is 0 Å². The summed E-state index contributed by atoms with van der Waals surface area (Å²) in [5.41, 5.74) is 5.71. The third-order valence-electron chi connectivity index (χ3n) is 5.05. The van der Waals surface area contributed by atoms with Crippen molar-refractivity contribution < 1.29 is 4.79 Å². The van der Waals surface area contributed by atoms with Crippen molar-refractivity contribution in [2.75, 3.05) is 18.0 Å². The summed E-state index contributed by atoms with van der Waals surface area (Å²) in [5, 5.41) is 0. The molecule has 1 amide bonds.